The van der Waals surface area contributed by atoms with E-state index in [-0.39, 0.29) is 0 Å². The van der Waals surface area contributed by atoms with Gasteiger partial charge in [-0.05, 0) is 12.1 Å². The second-order valence-electron chi connectivity index (χ2n) is 2.12. The summed E-state index contributed by atoms with van der Waals surface area (Å²) in [5.74, 6) is 0. The molecule has 0 bridgehead atoms. The summed E-state index contributed by atoms with van der Waals surface area (Å²) in [5, 5.41) is 5.02. The molecule has 1 nitrogen and oxygen atoms in total. The predicted octanol–water partition coefficient (Wildman–Crippen LogP) is 0.374. The van der Waals surface area contributed by atoms with Crippen LogP contribution in [0, 0.1) is 0 Å². The van der Waals surface area contributed by atoms with Gasteiger partial charge in [0.05, 0.1) is 5.30 Å². The lowest BCUT2D eigenvalue weighted by atomic mass is 10.4. The summed E-state index contributed by atoms with van der Waals surface area (Å²) in [6.07, 6.45) is 0. The van der Waals surface area contributed by atoms with Crippen molar-refractivity contribution < 1.29 is 0 Å². The van der Waals surface area contributed by atoms with Crippen molar-refractivity contribution in [2.75, 3.05) is 13.7 Å². The first-order chi connectivity index (χ1) is 5.17. The Bertz CT molecular complexity index is 223. The minimum Gasteiger partial charge on any atom is -0.235 e. The van der Waals surface area contributed by atoms with Crippen molar-refractivity contribution in [3.05, 3.63) is 30.3 Å². The van der Waals surface area contributed by atoms with Gasteiger partial charge in [0.1, 0.15) is 7.57 Å². The molecule has 1 aromatic carbocycles. The van der Waals surface area contributed by atoms with Crippen LogP contribution in [0.4, 0.5) is 0 Å². The molecule has 1 aromatic rings. The molecule has 60 valence electrons. The van der Waals surface area contributed by atoms with E-state index < -0.39 is 7.29 Å². The summed E-state index contributed by atoms with van der Waals surface area (Å²) >= 11 is 0. The molecule has 0 amide bonds. The van der Waals surface area contributed by atoms with Crippen LogP contribution in [0.15, 0.2) is 30.3 Å². The molecule has 1 atom stereocenters. The molecule has 1 N–H and O–H groups in total. The van der Waals surface area contributed by atoms with Crippen LogP contribution in [-0.4, -0.2) is 21.3 Å². The van der Waals surface area contributed by atoms with Gasteiger partial charge in [-0.25, -0.2) is 5.09 Å². The lowest BCUT2D eigenvalue weighted by molar-refractivity contribution is 1.27. The van der Waals surface area contributed by atoms with Crippen LogP contribution < -0.4 is 10.4 Å². The molecule has 0 spiro atoms. The van der Waals surface area contributed by atoms with E-state index in [4.69, 9.17) is 0 Å². The smallest absolute Gasteiger partial charge is 0.150 e. The van der Waals surface area contributed by atoms with Gasteiger partial charge >= 0.3 is 0 Å². The Hall–Kier alpha value is -0.325. The van der Waals surface area contributed by atoms with E-state index >= 15 is 0 Å². The summed E-state index contributed by atoms with van der Waals surface area (Å²) < 4.78 is 0. The maximum atomic E-state index is 3.48. The molecule has 0 saturated heterocycles. The number of nitrogens with one attached hydrogen (secondary N) is 1. The second-order valence-corrected chi connectivity index (χ2v) is 4.20. The van der Waals surface area contributed by atoms with E-state index in [1.165, 1.54) is 0 Å². The molecule has 0 aliphatic rings. The van der Waals surface area contributed by atoms with Gasteiger partial charge < -0.3 is 0 Å². The largest absolute Gasteiger partial charge is 0.235 e. The Labute approximate surface area is 70.0 Å². The minimum atomic E-state index is -0.776. The maximum absolute atomic E-state index is 3.48. The van der Waals surface area contributed by atoms with Gasteiger partial charge in [-0.15, -0.1) is 0 Å². The Balaban J connectivity index is 2.93. The van der Waals surface area contributed by atoms with Crippen LogP contribution in [0.3, 0.4) is 0 Å². The zero-order chi connectivity index (χ0) is 8.32. The lowest BCUT2D eigenvalue weighted by Crippen LogP contribution is -2.20. The van der Waals surface area contributed by atoms with Crippen LogP contribution in [0.1, 0.15) is 0 Å². The highest BCUT2D eigenvalue weighted by Crippen LogP contribution is 2.42. The average molecular weight is 167 g/mol. The molecule has 0 fully saturated rings. The van der Waals surface area contributed by atoms with Crippen molar-refractivity contribution in [3.8, 4) is 0 Å². The van der Waals surface area contributed by atoms with Gasteiger partial charge in [-0.3, -0.25) is 0 Å². The number of hydrogen-bond donors (Lipinski definition) is 1. The van der Waals surface area contributed by atoms with E-state index in [0.29, 0.717) is 7.57 Å². The van der Waals surface area contributed by atoms with Crippen LogP contribution in [0.5, 0.6) is 0 Å². The Morgan fingerprint density at radius 2 is 1.82 bits per heavy atom. The molecular weight excluding hydrogens is 152 g/mol. The fraction of sp³-hybridized carbons (Fsp3) is 0.250. The highest BCUT2D eigenvalue weighted by Gasteiger charge is 2.17. The first-order valence-electron chi connectivity index (χ1n) is 3.31. The van der Waals surface area contributed by atoms with Crippen molar-refractivity contribution in [1.29, 1.82) is 0 Å². The van der Waals surface area contributed by atoms with Gasteiger partial charge in [-0.2, -0.15) is 0 Å². The first-order valence-corrected chi connectivity index (χ1v) is 5.09. The van der Waals surface area contributed by atoms with Crippen LogP contribution in [0.2, 0.25) is 0 Å². The molecule has 0 unspecified atom stereocenters. The van der Waals surface area contributed by atoms with Gasteiger partial charge in [0.15, 0.2) is 0 Å². The first kappa shape index (κ1) is 8.77. The van der Waals surface area contributed by atoms with Crippen LogP contribution in [0.25, 0.3) is 0 Å². The quantitative estimate of drug-likeness (QED) is 0.495. The molecule has 11 heavy (non-hydrogen) atoms. The van der Waals surface area contributed by atoms with Crippen LogP contribution in [-0.2, 0) is 0 Å². The molecule has 1 rings (SSSR count). The van der Waals surface area contributed by atoms with Gasteiger partial charge in [-0.1, -0.05) is 25.5 Å². The van der Waals surface area contributed by atoms with Gasteiger partial charge in [0.2, 0.25) is 0 Å². The third kappa shape index (κ3) is 2.05. The summed E-state index contributed by atoms with van der Waals surface area (Å²) in [6.45, 7) is 2.39. The normalized spacial score (nSPS) is 15.9. The SMILES string of the molecule is [BH3-][P@+](C)(NC)c1ccccc1. The number of hydrogen-bond acceptors (Lipinski definition) is 1. The molecule has 0 aliphatic heterocycles. The molecule has 0 aromatic heterocycles. The third-order valence-corrected chi connectivity index (χ3v) is 3.22. The van der Waals surface area contributed by atoms with E-state index in [9.17, 15) is 0 Å². The van der Waals surface area contributed by atoms with Gasteiger partial charge in [0, 0.05) is 13.7 Å². The highest BCUT2D eigenvalue weighted by molar-refractivity contribution is 8.01. The van der Waals surface area contributed by atoms with Crippen molar-refractivity contribution in [2.45, 2.75) is 0 Å². The lowest BCUT2D eigenvalue weighted by Gasteiger charge is -2.22. The third-order valence-electron chi connectivity index (χ3n) is 1.48. The Morgan fingerprint density at radius 3 is 2.27 bits per heavy atom. The van der Waals surface area contributed by atoms with Crippen molar-refractivity contribution >= 4 is 20.2 Å². The molecular formula is C8H15BNP. The standard InChI is InChI=1S/C8H15BNP/c1-10-11(2,9)8-6-4-3-5-7-8/h3-7,10H,1-2,9H3/t11-/m1/s1. The maximum Gasteiger partial charge on any atom is 0.150 e. The minimum absolute atomic E-state index is 0.401. The summed E-state index contributed by atoms with van der Waals surface area (Å²) in [4.78, 5) is 0. The second kappa shape index (κ2) is 3.38. The zero-order valence-corrected chi connectivity index (χ0v) is 7.23. The fourth-order valence-corrected chi connectivity index (χ4v) is 1.66. The van der Waals surface area contributed by atoms with E-state index in [1.807, 2.05) is 0 Å². The highest BCUT2D eigenvalue weighted by atomic mass is 31.2. The Kier molecular flexibility index (Phi) is 2.70. The van der Waals surface area contributed by atoms with Crippen molar-refractivity contribution in [3.63, 3.8) is 0 Å². The molecule has 0 aliphatic carbocycles. The van der Waals surface area contributed by atoms with Gasteiger partial charge in [0.25, 0.3) is 0 Å². The number of benzene rings is 1. The van der Waals surface area contributed by atoms with Crippen molar-refractivity contribution in [2.24, 2.45) is 0 Å². The molecule has 0 radical (unpaired) electrons. The fourth-order valence-electron chi connectivity index (χ4n) is 0.781. The van der Waals surface area contributed by atoms with Crippen LogP contribution >= 0.6 is 7.29 Å². The van der Waals surface area contributed by atoms with Crippen molar-refractivity contribution in [1.82, 2.24) is 5.09 Å². The summed E-state index contributed by atoms with van der Waals surface area (Å²) in [7, 11) is 1.72. The molecule has 3 heteroatoms. The average Bonchev–Trinajstić information content (AvgIpc) is 2.06. The molecule has 0 heterocycles. The van der Waals surface area contributed by atoms with E-state index in [0.717, 1.165) is 0 Å². The monoisotopic (exact) mass is 167 g/mol. The van der Waals surface area contributed by atoms with E-state index in [1.54, 1.807) is 5.30 Å². The number of rotatable bonds is 2. The molecule has 0 saturated carbocycles. The van der Waals surface area contributed by atoms with E-state index in [2.05, 4.69) is 49.1 Å². The predicted molar refractivity (Wildman–Crippen MR) is 57.9 cm³/mol. The topological polar surface area (TPSA) is 12.0 Å². The summed E-state index contributed by atoms with van der Waals surface area (Å²) in [5.41, 5.74) is 0. The Morgan fingerprint density at radius 1 is 1.27 bits per heavy atom. The zero-order valence-electron chi connectivity index (χ0n) is 6.33. The summed E-state index contributed by atoms with van der Waals surface area (Å²) in [6, 6.07) is 10.8.